The first-order chi connectivity index (χ1) is 6.97. The van der Waals surface area contributed by atoms with Gasteiger partial charge in [-0.05, 0) is 20.8 Å². The number of aromatic nitrogens is 3. The van der Waals surface area contributed by atoms with E-state index in [2.05, 4.69) is 10.3 Å². The van der Waals surface area contributed by atoms with E-state index in [0.717, 1.165) is 5.69 Å². The zero-order valence-electron chi connectivity index (χ0n) is 9.10. The van der Waals surface area contributed by atoms with Crippen molar-refractivity contribution in [1.82, 2.24) is 15.0 Å². The Morgan fingerprint density at radius 2 is 2.33 bits per heavy atom. The summed E-state index contributed by atoms with van der Waals surface area (Å²) in [6, 6.07) is 0. The molecule has 0 radical (unpaired) electrons. The lowest BCUT2D eigenvalue weighted by Crippen LogP contribution is -2.34. The van der Waals surface area contributed by atoms with Gasteiger partial charge in [-0.2, -0.15) is 0 Å². The Balaban J connectivity index is 2.61. The van der Waals surface area contributed by atoms with Crippen LogP contribution >= 0.6 is 0 Å². The Hall–Kier alpha value is -1.43. The zero-order valence-corrected chi connectivity index (χ0v) is 9.10. The normalized spacial score (nSPS) is 11.7. The van der Waals surface area contributed by atoms with Crippen LogP contribution in [0.2, 0.25) is 0 Å². The molecular formula is C9H15N3O3. The topological polar surface area (TPSA) is 77.2 Å². The van der Waals surface area contributed by atoms with Gasteiger partial charge < -0.3 is 9.84 Å². The van der Waals surface area contributed by atoms with E-state index in [1.807, 2.05) is 6.92 Å². The van der Waals surface area contributed by atoms with Crippen LogP contribution in [0.25, 0.3) is 0 Å². The molecule has 15 heavy (non-hydrogen) atoms. The maximum atomic E-state index is 10.8. The lowest BCUT2D eigenvalue weighted by Gasteiger charge is -2.19. The molecule has 0 fully saturated rings. The second kappa shape index (κ2) is 4.39. The lowest BCUT2D eigenvalue weighted by molar-refractivity contribution is -0.162. The minimum absolute atomic E-state index is 0.195. The van der Waals surface area contributed by atoms with Gasteiger partial charge in [-0.3, -0.25) is 0 Å². The molecule has 0 saturated carbocycles. The van der Waals surface area contributed by atoms with Crippen molar-refractivity contribution in [2.75, 3.05) is 0 Å². The molecule has 84 valence electrons. The highest BCUT2D eigenvalue weighted by atomic mass is 16.5. The smallest absolute Gasteiger partial charge is 0.335 e. The van der Waals surface area contributed by atoms with Crippen LogP contribution in [-0.4, -0.2) is 31.7 Å². The van der Waals surface area contributed by atoms with E-state index in [1.165, 1.54) is 13.8 Å². The summed E-state index contributed by atoms with van der Waals surface area (Å²) in [5.41, 5.74) is -0.421. The van der Waals surface area contributed by atoms with Crippen molar-refractivity contribution in [2.24, 2.45) is 0 Å². The van der Waals surface area contributed by atoms with Crippen LogP contribution in [-0.2, 0) is 22.7 Å². The molecule has 0 aliphatic carbocycles. The molecule has 1 aromatic rings. The molecule has 1 rings (SSSR count). The monoisotopic (exact) mass is 213 g/mol. The van der Waals surface area contributed by atoms with Gasteiger partial charge in [0.25, 0.3) is 0 Å². The van der Waals surface area contributed by atoms with Gasteiger partial charge in [-0.1, -0.05) is 5.21 Å². The van der Waals surface area contributed by atoms with Crippen LogP contribution in [0, 0.1) is 0 Å². The molecule has 0 aliphatic rings. The molecule has 0 bridgehead atoms. The molecule has 0 aromatic carbocycles. The van der Waals surface area contributed by atoms with Crippen LogP contribution in [0.15, 0.2) is 6.20 Å². The minimum atomic E-state index is -1.19. The van der Waals surface area contributed by atoms with E-state index in [4.69, 9.17) is 9.84 Å². The number of ether oxygens (including phenoxy) is 1. The molecule has 0 atom stereocenters. The summed E-state index contributed by atoms with van der Waals surface area (Å²) in [7, 11) is 0. The van der Waals surface area contributed by atoms with E-state index >= 15 is 0 Å². The van der Waals surface area contributed by atoms with E-state index in [0.29, 0.717) is 6.54 Å². The summed E-state index contributed by atoms with van der Waals surface area (Å²) in [5.74, 6) is -0.988. The number of hydrogen-bond donors (Lipinski definition) is 1. The van der Waals surface area contributed by atoms with Gasteiger partial charge in [0, 0.05) is 6.54 Å². The highest BCUT2D eigenvalue weighted by Crippen LogP contribution is 2.12. The van der Waals surface area contributed by atoms with E-state index in [9.17, 15) is 4.79 Å². The average Bonchev–Trinajstić information content (AvgIpc) is 2.61. The van der Waals surface area contributed by atoms with Gasteiger partial charge in [-0.25, -0.2) is 9.48 Å². The first-order valence-corrected chi connectivity index (χ1v) is 4.72. The van der Waals surface area contributed by atoms with E-state index in [-0.39, 0.29) is 6.61 Å². The molecule has 0 amide bonds. The predicted molar refractivity (Wildman–Crippen MR) is 52.2 cm³/mol. The number of nitrogens with zero attached hydrogens (tertiary/aromatic N) is 3. The number of carboxylic acid groups (broad SMARTS) is 1. The van der Waals surface area contributed by atoms with Crippen molar-refractivity contribution in [3.8, 4) is 0 Å². The molecule has 1 heterocycles. The number of aliphatic carboxylic acids is 1. The van der Waals surface area contributed by atoms with Crippen molar-refractivity contribution in [1.29, 1.82) is 0 Å². The second-order valence-electron chi connectivity index (χ2n) is 3.65. The molecule has 0 saturated heterocycles. The number of hydrogen-bond acceptors (Lipinski definition) is 4. The second-order valence-corrected chi connectivity index (χ2v) is 3.65. The molecular weight excluding hydrogens is 198 g/mol. The average molecular weight is 213 g/mol. The standard InChI is InChI=1S/C9H15N3O3/c1-4-12-7(5-10-11-12)6-15-9(2,3)8(13)14/h5H,4,6H2,1-3H3,(H,13,14). The molecule has 1 N–H and O–H groups in total. The van der Waals surface area contributed by atoms with Crippen molar-refractivity contribution < 1.29 is 14.6 Å². The molecule has 0 unspecified atom stereocenters. The SMILES string of the molecule is CCn1nncc1COC(C)(C)C(=O)O. The fraction of sp³-hybridized carbons (Fsp3) is 0.667. The summed E-state index contributed by atoms with van der Waals surface area (Å²) in [5, 5.41) is 16.4. The summed E-state index contributed by atoms with van der Waals surface area (Å²) in [6.45, 7) is 5.83. The minimum Gasteiger partial charge on any atom is -0.479 e. The van der Waals surface area contributed by atoms with Gasteiger partial charge >= 0.3 is 5.97 Å². The molecule has 6 nitrogen and oxygen atoms in total. The fourth-order valence-electron chi connectivity index (χ4n) is 0.973. The maximum absolute atomic E-state index is 10.8. The summed E-state index contributed by atoms with van der Waals surface area (Å²) < 4.78 is 6.94. The van der Waals surface area contributed by atoms with Crippen molar-refractivity contribution in [3.05, 3.63) is 11.9 Å². The Kier molecular flexibility index (Phi) is 3.41. The number of aryl methyl sites for hydroxylation is 1. The number of rotatable bonds is 5. The first-order valence-electron chi connectivity index (χ1n) is 4.72. The number of carbonyl (C=O) groups is 1. The maximum Gasteiger partial charge on any atom is 0.335 e. The fourth-order valence-corrected chi connectivity index (χ4v) is 0.973. The number of carboxylic acids is 1. The first kappa shape index (κ1) is 11.6. The van der Waals surface area contributed by atoms with Crippen LogP contribution in [0.3, 0.4) is 0 Å². The summed E-state index contributed by atoms with van der Waals surface area (Å²) in [6.07, 6.45) is 1.57. The van der Waals surface area contributed by atoms with Crippen LogP contribution < -0.4 is 0 Å². The van der Waals surface area contributed by atoms with Gasteiger partial charge in [0.2, 0.25) is 0 Å². The molecule has 0 spiro atoms. The van der Waals surface area contributed by atoms with Crippen LogP contribution in [0.5, 0.6) is 0 Å². The van der Waals surface area contributed by atoms with Gasteiger partial charge in [-0.15, -0.1) is 5.10 Å². The molecule has 1 aromatic heterocycles. The van der Waals surface area contributed by atoms with Gasteiger partial charge in [0.1, 0.15) is 0 Å². The van der Waals surface area contributed by atoms with E-state index in [1.54, 1.807) is 10.9 Å². The summed E-state index contributed by atoms with van der Waals surface area (Å²) >= 11 is 0. The third kappa shape index (κ3) is 2.76. The Morgan fingerprint density at radius 1 is 1.67 bits per heavy atom. The largest absolute Gasteiger partial charge is 0.479 e. The zero-order chi connectivity index (χ0) is 11.5. The highest BCUT2D eigenvalue weighted by Gasteiger charge is 2.28. The van der Waals surface area contributed by atoms with Crippen molar-refractivity contribution >= 4 is 5.97 Å². The molecule has 0 aliphatic heterocycles. The molecule has 6 heteroatoms. The lowest BCUT2D eigenvalue weighted by atomic mass is 10.1. The van der Waals surface area contributed by atoms with Crippen LogP contribution in [0.4, 0.5) is 0 Å². The Labute approximate surface area is 87.9 Å². The predicted octanol–water partition coefficient (Wildman–Crippen LogP) is 0.678. The van der Waals surface area contributed by atoms with Crippen molar-refractivity contribution in [3.63, 3.8) is 0 Å². The highest BCUT2D eigenvalue weighted by molar-refractivity contribution is 5.76. The van der Waals surface area contributed by atoms with Crippen LogP contribution in [0.1, 0.15) is 26.5 Å². The third-order valence-electron chi connectivity index (χ3n) is 2.09. The van der Waals surface area contributed by atoms with E-state index < -0.39 is 11.6 Å². The van der Waals surface area contributed by atoms with Gasteiger partial charge in [0.05, 0.1) is 18.5 Å². The third-order valence-corrected chi connectivity index (χ3v) is 2.09. The van der Waals surface area contributed by atoms with Gasteiger partial charge in [0.15, 0.2) is 5.60 Å². The Morgan fingerprint density at radius 3 is 2.87 bits per heavy atom. The quantitative estimate of drug-likeness (QED) is 0.778. The Bertz CT molecular complexity index is 346. The summed E-state index contributed by atoms with van der Waals surface area (Å²) in [4.78, 5) is 10.8. The van der Waals surface area contributed by atoms with Crippen molar-refractivity contribution in [2.45, 2.75) is 39.5 Å².